The molecule has 0 saturated carbocycles. The molecule has 1 aliphatic rings. The van der Waals surface area contributed by atoms with E-state index in [4.69, 9.17) is 28.3 Å². The van der Waals surface area contributed by atoms with Crippen molar-refractivity contribution >= 4 is 69.0 Å². The number of hydrogen-bond donors (Lipinski definition) is 1. The summed E-state index contributed by atoms with van der Waals surface area (Å²) in [6.45, 7) is 3.38. The number of carbonyl (C=O) groups is 1. The Bertz CT molecular complexity index is 1530. The van der Waals surface area contributed by atoms with Crippen LogP contribution in [-0.4, -0.2) is 26.5 Å². The van der Waals surface area contributed by atoms with E-state index in [1.165, 1.54) is 42.2 Å². The van der Waals surface area contributed by atoms with Crippen LogP contribution in [0.3, 0.4) is 0 Å². The topological polar surface area (TPSA) is 72.2 Å². The molecule has 0 spiro atoms. The number of thiophene rings is 1. The van der Waals surface area contributed by atoms with Gasteiger partial charge in [-0.15, -0.1) is 21.5 Å². The zero-order chi connectivity index (χ0) is 24.7. The van der Waals surface area contributed by atoms with Gasteiger partial charge in [-0.2, -0.15) is 9.78 Å². The number of fused-ring (bicyclic) bond motifs is 1. The molecule has 0 atom stereocenters. The van der Waals surface area contributed by atoms with Crippen molar-refractivity contribution in [1.29, 1.82) is 0 Å². The number of benzene rings is 2. The minimum absolute atomic E-state index is 0.0678. The number of thioether (sulfide) groups is 1. The summed E-state index contributed by atoms with van der Waals surface area (Å²) in [5.74, 6) is -0.248. The fraction of sp³-hybridized carbons (Fsp3) is 0.0833. The van der Waals surface area contributed by atoms with Crippen molar-refractivity contribution < 1.29 is 9.18 Å². The fourth-order valence-corrected chi connectivity index (χ4v) is 5.98. The number of amides is 1. The minimum atomic E-state index is -0.596. The fourth-order valence-electron chi connectivity index (χ4n) is 3.49. The highest BCUT2D eigenvalue weighted by atomic mass is 35.5. The summed E-state index contributed by atoms with van der Waals surface area (Å²) >= 11 is 15.2. The van der Waals surface area contributed by atoms with Crippen molar-refractivity contribution in [2.45, 2.75) is 19.0 Å². The van der Waals surface area contributed by atoms with E-state index in [9.17, 15) is 9.18 Å². The molecule has 1 amide bonds. The molecule has 0 fully saturated rings. The molecule has 176 valence electrons. The highest BCUT2D eigenvalue weighted by Crippen LogP contribution is 2.41. The van der Waals surface area contributed by atoms with Crippen molar-refractivity contribution in [2.75, 3.05) is 5.32 Å². The third-order valence-corrected chi connectivity index (χ3v) is 7.75. The van der Waals surface area contributed by atoms with Crippen LogP contribution in [0.5, 0.6) is 0 Å². The number of halogens is 3. The molecule has 35 heavy (non-hydrogen) atoms. The first-order valence-electron chi connectivity index (χ1n) is 10.3. The van der Waals surface area contributed by atoms with Crippen molar-refractivity contribution in [2.24, 2.45) is 5.10 Å². The molecule has 4 aromatic rings. The zero-order valence-electron chi connectivity index (χ0n) is 18.3. The Balaban J connectivity index is 1.68. The molecule has 1 aliphatic heterocycles. The van der Waals surface area contributed by atoms with Crippen LogP contribution in [0.2, 0.25) is 10.0 Å². The van der Waals surface area contributed by atoms with Gasteiger partial charge in [0.05, 0.1) is 19.9 Å². The molecule has 1 N–H and O–H groups in total. The highest BCUT2D eigenvalue weighted by molar-refractivity contribution is 8.04. The number of rotatable bonds is 4. The van der Waals surface area contributed by atoms with Gasteiger partial charge < -0.3 is 5.32 Å². The summed E-state index contributed by atoms with van der Waals surface area (Å²) in [5, 5.41) is 17.8. The summed E-state index contributed by atoms with van der Waals surface area (Å²) in [6, 6.07) is 14.2. The van der Waals surface area contributed by atoms with Gasteiger partial charge in [-0.1, -0.05) is 53.5 Å². The van der Waals surface area contributed by atoms with E-state index in [0.29, 0.717) is 27.3 Å². The highest BCUT2D eigenvalue weighted by Gasteiger charge is 2.28. The Morgan fingerprint density at radius 2 is 1.89 bits per heavy atom. The Morgan fingerprint density at radius 1 is 1.11 bits per heavy atom. The maximum atomic E-state index is 14.5. The molecular formula is C24H16Cl2FN5OS2. The van der Waals surface area contributed by atoms with Crippen molar-refractivity contribution in [3.63, 3.8) is 0 Å². The molecule has 2 aromatic carbocycles. The van der Waals surface area contributed by atoms with Crippen LogP contribution in [0.4, 0.5) is 9.39 Å². The zero-order valence-corrected chi connectivity index (χ0v) is 21.5. The number of nitrogens with one attached hydrogen (secondary N) is 1. The number of allylic oxidation sites excluding steroid dienone is 1. The van der Waals surface area contributed by atoms with Gasteiger partial charge in [0.25, 0.3) is 0 Å². The molecule has 11 heteroatoms. The van der Waals surface area contributed by atoms with Gasteiger partial charge in [-0.3, -0.25) is 4.79 Å². The third kappa shape index (κ3) is 4.77. The first-order valence-corrected chi connectivity index (χ1v) is 12.7. The lowest BCUT2D eigenvalue weighted by molar-refractivity contribution is -0.114. The van der Waals surface area contributed by atoms with E-state index in [0.717, 1.165) is 20.9 Å². The van der Waals surface area contributed by atoms with E-state index in [1.807, 2.05) is 49.4 Å². The standard InChI is InChI=1S/C24H16Cl2FN5OS2/c1-12-8-20(28-13(2)33)35-22(12)23-29-30-24-32(23)31-21(15-10-18(27)17(26)11-16(15)25)19(34-24)9-14-6-4-3-5-7-14/h3-11H,1-2H3,(H,28,33)/b19-9-. The molecule has 3 heterocycles. The van der Waals surface area contributed by atoms with Gasteiger partial charge >= 0.3 is 0 Å². The van der Waals surface area contributed by atoms with Crippen LogP contribution >= 0.6 is 46.3 Å². The monoisotopic (exact) mass is 543 g/mol. The van der Waals surface area contributed by atoms with E-state index < -0.39 is 5.82 Å². The summed E-state index contributed by atoms with van der Waals surface area (Å²) in [7, 11) is 0. The molecule has 0 aliphatic carbocycles. The Kier molecular flexibility index (Phi) is 6.50. The molecular weight excluding hydrogens is 528 g/mol. The molecule has 6 nitrogen and oxygen atoms in total. The van der Waals surface area contributed by atoms with Gasteiger partial charge in [0.15, 0.2) is 5.82 Å². The lowest BCUT2D eigenvalue weighted by Gasteiger charge is -2.18. The number of anilines is 1. The Labute approximate surface area is 218 Å². The number of aromatic nitrogens is 3. The third-order valence-electron chi connectivity index (χ3n) is 5.03. The second-order valence-electron chi connectivity index (χ2n) is 7.64. The first-order chi connectivity index (χ1) is 16.8. The predicted molar refractivity (Wildman–Crippen MR) is 141 cm³/mol. The van der Waals surface area contributed by atoms with Crippen LogP contribution in [-0.2, 0) is 4.79 Å². The minimum Gasteiger partial charge on any atom is -0.318 e. The van der Waals surface area contributed by atoms with E-state index in [-0.39, 0.29) is 16.0 Å². The van der Waals surface area contributed by atoms with Crippen LogP contribution in [0.25, 0.3) is 16.8 Å². The predicted octanol–water partition coefficient (Wildman–Crippen LogP) is 7.12. The van der Waals surface area contributed by atoms with Crippen LogP contribution < -0.4 is 5.32 Å². The number of carbonyl (C=O) groups excluding carboxylic acids is 1. The molecule has 0 unspecified atom stereocenters. The van der Waals surface area contributed by atoms with Gasteiger partial charge in [-0.05, 0) is 54.1 Å². The smallest absolute Gasteiger partial charge is 0.221 e. The number of hydrogen-bond acceptors (Lipinski definition) is 6. The molecule has 0 saturated heterocycles. The molecule has 0 radical (unpaired) electrons. The van der Waals surface area contributed by atoms with E-state index in [2.05, 4.69) is 15.5 Å². The lowest BCUT2D eigenvalue weighted by Crippen LogP contribution is -2.13. The van der Waals surface area contributed by atoms with Crippen LogP contribution in [0.1, 0.15) is 23.6 Å². The van der Waals surface area contributed by atoms with Crippen LogP contribution in [0.15, 0.2) is 63.7 Å². The summed E-state index contributed by atoms with van der Waals surface area (Å²) < 4.78 is 16.1. The van der Waals surface area contributed by atoms with Crippen LogP contribution in [0, 0.1) is 12.7 Å². The van der Waals surface area contributed by atoms with Crippen molar-refractivity contribution in [1.82, 2.24) is 14.9 Å². The number of aryl methyl sites for hydroxylation is 1. The normalized spacial score (nSPS) is 14.1. The molecule has 0 bridgehead atoms. The quantitative estimate of drug-likeness (QED) is 0.278. The Hall–Kier alpha value is -2.98. The van der Waals surface area contributed by atoms with Crippen molar-refractivity contribution in [3.05, 3.63) is 86.0 Å². The number of nitrogens with zero attached hydrogens (tertiary/aromatic N) is 4. The molecule has 2 aromatic heterocycles. The second kappa shape index (κ2) is 9.58. The van der Waals surface area contributed by atoms with Gasteiger partial charge in [0.1, 0.15) is 11.5 Å². The SMILES string of the molecule is CC(=O)Nc1cc(C)c(-c2nnc3n2N=C(c2cc(F)c(Cl)cc2Cl)/C(=C/c2ccccc2)S3)s1. The van der Waals surface area contributed by atoms with Gasteiger partial charge in [-0.25, -0.2) is 4.39 Å². The first kappa shape index (κ1) is 23.7. The lowest BCUT2D eigenvalue weighted by atomic mass is 10.1. The maximum absolute atomic E-state index is 14.5. The van der Waals surface area contributed by atoms with Crippen molar-refractivity contribution in [3.8, 4) is 10.7 Å². The average molecular weight is 544 g/mol. The summed E-state index contributed by atoms with van der Waals surface area (Å²) in [4.78, 5) is 13.0. The maximum Gasteiger partial charge on any atom is 0.221 e. The second-order valence-corrected chi connectivity index (χ2v) is 10.5. The van der Waals surface area contributed by atoms with E-state index in [1.54, 1.807) is 4.68 Å². The Morgan fingerprint density at radius 3 is 2.63 bits per heavy atom. The van der Waals surface area contributed by atoms with Gasteiger partial charge in [0.2, 0.25) is 11.1 Å². The average Bonchev–Trinajstić information content (AvgIpc) is 3.38. The largest absolute Gasteiger partial charge is 0.318 e. The summed E-state index contributed by atoms with van der Waals surface area (Å²) in [5.41, 5.74) is 2.71. The summed E-state index contributed by atoms with van der Waals surface area (Å²) in [6.07, 6.45) is 1.94. The van der Waals surface area contributed by atoms with E-state index >= 15 is 0 Å². The van der Waals surface area contributed by atoms with Gasteiger partial charge in [0, 0.05) is 17.4 Å². The molecule has 5 rings (SSSR count).